The van der Waals surface area contributed by atoms with E-state index in [1.807, 2.05) is 20.8 Å². The summed E-state index contributed by atoms with van der Waals surface area (Å²) in [5.74, 6) is -0.378. The van der Waals surface area contributed by atoms with Gasteiger partial charge < -0.3 is 0 Å². The van der Waals surface area contributed by atoms with Gasteiger partial charge in [-0.05, 0) is 12.1 Å². The standard InChI is InChI=1S/C13H14FNO/c1-13(2,3)12(16)8-4-9-6-15-7-10(9)11(14)5-8/h4-6H,7H2,1-3H3. The first-order chi connectivity index (χ1) is 7.39. The Kier molecular flexibility index (Phi) is 2.41. The molecule has 1 aliphatic heterocycles. The monoisotopic (exact) mass is 219 g/mol. The average molecular weight is 219 g/mol. The van der Waals surface area contributed by atoms with Crippen molar-refractivity contribution in [2.75, 3.05) is 0 Å². The number of carbonyl (C=O) groups excluding carboxylic acids is 1. The fraction of sp³-hybridized carbons (Fsp3) is 0.385. The van der Waals surface area contributed by atoms with E-state index in [1.165, 1.54) is 6.07 Å². The van der Waals surface area contributed by atoms with E-state index in [-0.39, 0.29) is 11.6 Å². The second-order valence-corrected chi connectivity index (χ2v) is 5.07. The predicted octanol–water partition coefficient (Wildman–Crippen LogP) is 2.99. The van der Waals surface area contributed by atoms with Crippen LogP contribution in [0.25, 0.3) is 0 Å². The summed E-state index contributed by atoms with van der Waals surface area (Å²) in [7, 11) is 0. The van der Waals surface area contributed by atoms with Crippen LogP contribution in [0.1, 0.15) is 42.3 Å². The number of rotatable bonds is 1. The van der Waals surface area contributed by atoms with Gasteiger partial charge in [0.05, 0.1) is 6.54 Å². The molecule has 0 aliphatic carbocycles. The predicted molar refractivity (Wildman–Crippen MR) is 61.5 cm³/mol. The maximum Gasteiger partial charge on any atom is 0.168 e. The molecule has 1 aromatic rings. The van der Waals surface area contributed by atoms with Crippen LogP contribution in [0, 0.1) is 11.2 Å². The summed E-state index contributed by atoms with van der Waals surface area (Å²) in [6, 6.07) is 3.05. The zero-order valence-electron chi connectivity index (χ0n) is 9.67. The third kappa shape index (κ3) is 1.77. The van der Waals surface area contributed by atoms with Gasteiger partial charge in [-0.2, -0.15) is 0 Å². The molecular weight excluding hydrogens is 205 g/mol. The smallest absolute Gasteiger partial charge is 0.168 e. The minimum absolute atomic E-state index is 0.0468. The van der Waals surface area contributed by atoms with Crippen LogP contribution in [0.5, 0.6) is 0 Å². The topological polar surface area (TPSA) is 29.4 Å². The van der Waals surface area contributed by atoms with Gasteiger partial charge in [0, 0.05) is 28.3 Å². The van der Waals surface area contributed by atoms with Crippen molar-refractivity contribution in [3.05, 3.63) is 34.6 Å². The summed E-state index contributed by atoms with van der Waals surface area (Å²) in [6.07, 6.45) is 1.62. The molecule has 3 heteroatoms. The third-order valence-corrected chi connectivity index (χ3v) is 2.65. The Labute approximate surface area is 94.2 Å². The molecule has 0 amide bonds. The van der Waals surface area contributed by atoms with Crippen LogP contribution in [0.3, 0.4) is 0 Å². The zero-order chi connectivity index (χ0) is 11.9. The molecular formula is C13H14FNO. The molecule has 0 fully saturated rings. The van der Waals surface area contributed by atoms with Crippen LogP contribution in [-0.2, 0) is 6.54 Å². The summed E-state index contributed by atoms with van der Waals surface area (Å²) in [6.45, 7) is 5.86. The van der Waals surface area contributed by atoms with Gasteiger partial charge in [0.2, 0.25) is 0 Å². The first-order valence-corrected chi connectivity index (χ1v) is 5.26. The van der Waals surface area contributed by atoms with E-state index < -0.39 is 5.41 Å². The van der Waals surface area contributed by atoms with Crippen molar-refractivity contribution in [2.45, 2.75) is 27.3 Å². The minimum Gasteiger partial charge on any atom is -0.294 e. The van der Waals surface area contributed by atoms with E-state index in [2.05, 4.69) is 4.99 Å². The number of benzene rings is 1. The lowest BCUT2D eigenvalue weighted by atomic mass is 9.85. The highest BCUT2D eigenvalue weighted by molar-refractivity contribution is 6.01. The lowest BCUT2D eigenvalue weighted by molar-refractivity contribution is 0.0858. The molecule has 0 aromatic heterocycles. The molecule has 2 rings (SSSR count). The molecule has 2 nitrogen and oxygen atoms in total. The fourth-order valence-corrected chi connectivity index (χ4v) is 1.74. The normalized spacial score (nSPS) is 14.0. The summed E-state index contributed by atoms with van der Waals surface area (Å²) < 4.78 is 13.7. The molecule has 1 heterocycles. The Morgan fingerprint density at radius 2 is 2.06 bits per heavy atom. The zero-order valence-corrected chi connectivity index (χ0v) is 9.67. The van der Waals surface area contributed by atoms with Gasteiger partial charge in [0.1, 0.15) is 5.82 Å². The highest BCUT2D eigenvalue weighted by Crippen LogP contribution is 2.25. The quantitative estimate of drug-likeness (QED) is 0.667. The van der Waals surface area contributed by atoms with E-state index in [0.717, 1.165) is 5.56 Å². The highest BCUT2D eigenvalue weighted by Gasteiger charge is 2.25. The lowest BCUT2D eigenvalue weighted by Crippen LogP contribution is -2.20. The van der Waals surface area contributed by atoms with Crippen LogP contribution in [0.4, 0.5) is 4.39 Å². The van der Waals surface area contributed by atoms with Gasteiger partial charge in [-0.15, -0.1) is 0 Å². The number of fused-ring (bicyclic) bond motifs is 1. The number of hydrogen-bond acceptors (Lipinski definition) is 2. The molecule has 0 bridgehead atoms. The molecule has 16 heavy (non-hydrogen) atoms. The second kappa shape index (κ2) is 3.51. The minimum atomic E-state index is -0.490. The van der Waals surface area contributed by atoms with Crippen molar-refractivity contribution >= 4 is 12.0 Å². The number of hydrogen-bond donors (Lipinski definition) is 0. The average Bonchev–Trinajstić information content (AvgIpc) is 2.63. The SMILES string of the molecule is CC(C)(C)C(=O)c1cc(F)c2c(c1)C=NC2. The second-order valence-electron chi connectivity index (χ2n) is 5.07. The Bertz CT molecular complexity index is 483. The maximum atomic E-state index is 13.7. The van der Waals surface area contributed by atoms with Gasteiger partial charge in [0.15, 0.2) is 5.78 Å². The first kappa shape index (κ1) is 11.0. The summed E-state index contributed by atoms with van der Waals surface area (Å²) >= 11 is 0. The van der Waals surface area contributed by atoms with Crippen molar-refractivity contribution in [3.63, 3.8) is 0 Å². The van der Waals surface area contributed by atoms with Crippen LogP contribution < -0.4 is 0 Å². The van der Waals surface area contributed by atoms with Crippen molar-refractivity contribution in [1.82, 2.24) is 0 Å². The fourth-order valence-electron chi connectivity index (χ4n) is 1.74. The molecule has 0 saturated heterocycles. The Morgan fingerprint density at radius 1 is 1.38 bits per heavy atom. The molecule has 0 spiro atoms. The Hall–Kier alpha value is -1.51. The van der Waals surface area contributed by atoms with Crippen LogP contribution in [-0.4, -0.2) is 12.0 Å². The third-order valence-electron chi connectivity index (χ3n) is 2.65. The summed E-state index contributed by atoms with van der Waals surface area (Å²) in [5.41, 5.74) is 1.26. The highest BCUT2D eigenvalue weighted by atomic mass is 19.1. The van der Waals surface area contributed by atoms with Gasteiger partial charge >= 0.3 is 0 Å². The van der Waals surface area contributed by atoms with Crippen molar-refractivity contribution in [3.8, 4) is 0 Å². The molecule has 1 aromatic carbocycles. The van der Waals surface area contributed by atoms with E-state index in [1.54, 1.807) is 12.3 Å². The summed E-state index contributed by atoms with van der Waals surface area (Å²) in [4.78, 5) is 16.0. The van der Waals surface area contributed by atoms with Gasteiger partial charge in [-0.1, -0.05) is 20.8 Å². The number of aliphatic imine (C=N–C) groups is 1. The van der Waals surface area contributed by atoms with E-state index in [4.69, 9.17) is 0 Å². The molecule has 0 saturated carbocycles. The van der Waals surface area contributed by atoms with Gasteiger partial charge in [0.25, 0.3) is 0 Å². The van der Waals surface area contributed by atoms with E-state index in [9.17, 15) is 9.18 Å². The number of nitrogens with zero attached hydrogens (tertiary/aromatic N) is 1. The van der Waals surface area contributed by atoms with Gasteiger partial charge in [-0.25, -0.2) is 4.39 Å². The van der Waals surface area contributed by atoms with Crippen LogP contribution in [0.2, 0.25) is 0 Å². The molecule has 0 radical (unpaired) electrons. The van der Waals surface area contributed by atoms with Crippen molar-refractivity contribution in [1.29, 1.82) is 0 Å². The molecule has 84 valence electrons. The summed E-state index contributed by atoms with van der Waals surface area (Å²) in [5, 5.41) is 0. The Morgan fingerprint density at radius 3 is 2.69 bits per heavy atom. The number of carbonyl (C=O) groups is 1. The maximum absolute atomic E-state index is 13.7. The van der Waals surface area contributed by atoms with Crippen LogP contribution in [0.15, 0.2) is 17.1 Å². The molecule has 0 atom stereocenters. The van der Waals surface area contributed by atoms with Crippen LogP contribution >= 0.6 is 0 Å². The van der Waals surface area contributed by atoms with Crippen molar-refractivity contribution < 1.29 is 9.18 Å². The van der Waals surface area contributed by atoms with E-state index in [0.29, 0.717) is 17.7 Å². The molecule has 0 unspecified atom stereocenters. The molecule has 0 N–H and O–H groups in total. The largest absolute Gasteiger partial charge is 0.294 e. The first-order valence-electron chi connectivity index (χ1n) is 5.26. The number of halogens is 1. The van der Waals surface area contributed by atoms with Gasteiger partial charge in [-0.3, -0.25) is 9.79 Å². The molecule has 1 aliphatic rings. The number of ketones is 1. The number of Topliss-reactive ketones (excluding diaryl/α,β-unsaturated/α-hetero) is 1. The Balaban J connectivity index is 2.48. The van der Waals surface area contributed by atoms with E-state index >= 15 is 0 Å². The lowest BCUT2D eigenvalue weighted by Gasteiger charge is -2.17. The van der Waals surface area contributed by atoms with Crippen molar-refractivity contribution in [2.24, 2.45) is 10.4 Å².